The van der Waals surface area contributed by atoms with Crippen LogP contribution in [-0.4, -0.2) is 30.9 Å². The third-order valence-corrected chi connectivity index (χ3v) is 5.95. The fourth-order valence-corrected chi connectivity index (χ4v) is 4.98. The van der Waals surface area contributed by atoms with Crippen LogP contribution in [0.3, 0.4) is 0 Å². The summed E-state index contributed by atoms with van der Waals surface area (Å²) < 4.78 is 1.27. The summed E-state index contributed by atoms with van der Waals surface area (Å²) in [6.45, 7) is 2.22. The van der Waals surface area contributed by atoms with E-state index >= 15 is 0 Å². The van der Waals surface area contributed by atoms with Crippen molar-refractivity contribution in [1.82, 2.24) is 0 Å². The van der Waals surface area contributed by atoms with Gasteiger partial charge in [0.25, 0.3) is 0 Å². The Kier molecular flexibility index (Phi) is 5.43. The predicted molar refractivity (Wildman–Crippen MR) is 77.1 cm³/mol. The van der Waals surface area contributed by atoms with Crippen LogP contribution in [0.5, 0.6) is 0 Å². The molecular weight excluding hydrogens is 289 g/mol. The fraction of sp³-hybridized carbons (Fsp3) is 0.533. The molecule has 0 saturated carbocycles. The number of rotatable bonds is 5. The van der Waals surface area contributed by atoms with Gasteiger partial charge in [-0.25, -0.2) is 0 Å². The second kappa shape index (κ2) is 7.08. The normalized spacial score (nSPS) is 23.8. The van der Waals surface area contributed by atoms with E-state index in [9.17, 15) is 5.11 Å². The van der Waals surface area contributed by atoms with Crippen LogP contribution >= 0.6 is 0 Å². The van der Waals surface area contributed by atoms with Gasteiger partial charge >= 0.3 is 116 Å². The molecule has 0 bridgehead atoms. The standard InChI is InChI=1S/C15H21NOSe/c1-2-3-5-10-15-16-14(17)11-13(18-15)12-8-6-4-7-9-12/h4,6-9,13-14,17H,2-3,5,10-11H2,1H3/t13-,14+/m1/s1. The summed E-state index contributed by atoms with van der Waals surface area (Å²) >= 11 is 0.411. The molecule has 2 atom stereocenters. The first kappa shape index (κ1) is 13.8. The minimum absolute atomic E-state index is 0.411. The average Bonchev–Trinajstić information content (AvgIpc) is 2.39. The van der Waals surface area contributed by atoms with E-state index < -0.39 is 6.23 Å². The van der Waals surface area contributed by atoms with Gasteiger partial charge in [0, 0.05) is 0 Å². The Balaban J connectivity index is 1.98. The summed E-state index contributed by atoms with van der Waals surface area (Å²) in [4.78, 5) is 4.93. The van der Waals surface area contributed by atoms with Gasteiger partial charge in [-0.05, 0) is 0 Å². The number of aliphatic hydroxyl groups excluding tert-OH is 1. The van der Waals surface area contributed by atoms with Crippen molar-refractivity contribution in [3.05, 3.63) is 35.9 Å². The Hall–Kier alpha value is -0.631. The van der Waals surface area contributed by atoms with Crippen LogP contribution in [0, 0.1) is 0 Å². The van der Waals surface area contributed by atoms with Crippen molar-refractivity contribution in [2.24, 2.45) is 4.99 Å². The maximum absolute atomic E-state index is 9.89. The van der Waals surface area contributed by atoms with Gasteiger partial charge in [0.2, 0.25) is 0 Å². The minimum atomic E-state index is -0.484. The van der Waals surface area contributed by atoms with Crippen LogP contribution in [0.4, 0.5) is 0 Å². The van der Waals surface area contributed by atoms with E-state index in [1.54, 1.807) is 0 Å². The third-order valence-electron chi connectivity index (χ3n) is 3.16. The Labute approximate surface area is 116 Å². The van der Waals surface area contributed by atoms with E-state index in [2.05, 4.69) is 36.2 Å². The Morgan fingerprint density at radius 3 is 2.78 bits per heavy atom. The molecule has 0 fully saturated rings. The predicted octanol–water partition coefficient (Wildman–Crippen LogP) is 3.13. The molecule has 0 aliphatic carbocycles. The van der Waals surface area contributed by atoms with E-state index in [-0.39, 0.29) is 0 Å². The van der Waals surface area contributed by atoms with Gasteiger partial charge in [-0.3, -0.25) is 0 Å². The summed E-state index contributed by atoms with van der Waals surface area (Å²) in [5.41, 5.74) is 1.36. The SMILES string of the molecule is CCCCCC1=N[C@@H](O)C[C@H](c2ccccc2)[Se]1. The molecule has 1 aromatic carbocycles. The first-order valence-corrected chi connectivity index (χ1v) is 8.60. The summed E-state index contributed by atoms with van der Waals surface area (Å²) in [7, 11) is 0. The number of aliphatic imine (C=N–C) groups is 1. The second-order valence-electron chi connectivity index (χ2n) is 4.71. The van der Waals surface area contributed by atoms with Crippen molar-refractivity contribution in [3.8, 4) is 0 Å². The van der Waals surface area contributed by atoms with E-state index in [0.717, 1.165) is 12.8 Å². The molecule has 3 heteroatoms. The Bertz CT molecular complexity index is 391. The number of nitrogens with zero attached hydrogens (tertiary/aromatic N) is 1. The first-order chi connectivity index (χ1) is 8.79. The number of benzene rings is 1. The number of unbranched alkanes of at least 4 members (excludes halogenated alkanes) is 2. The zero-order valence-corrected chi connectivity index (χ0v) is 12.6. The van der Waals surface area contributed by atoms with Crippen LogP contribution in [-0.2, 0) is 0 Å². The average molecular weight is 310 g/mol. The monoisotopic (exact) mass is 311 g/mol. The summed E-state index contributed by atoms with van der Waals surface area (Å²) in [6.07, 6.45) is 5.11. The van der Waals surface area contributed by atoms with Crippen LogP contribution in [0.25, 0.3) is 0 Å². The summed E-state index contributed by atoms with van der Waals surface area (Å²) in [5, 5.41) is 9.89. The van der Waals surface area contributed by atoms with Gasteiger partial charge in [0.05, 0.1) is 0 Å². The third kappa shape index (κ3) is 3.94. The molecule has 1 aliphatic heterocycles. The molecular formula is C15H21NOSe. The summed E-state index contributed by atoms with van der Waals surface area (Å²) in [6, 6.07) is 10.6. The molecule has 2 rings (SSSR count). The molecule has 1 aromatic rings. The zero-order chi connectivity index (χ0) is 12.8. The second-order valence-corrected chi connectivity index (χ2v) is 7.39. The summed E-state index contributed by atoms with van der Waals surface area (Å²) in [5.74, 6) is 0. The van der Waals surface area contributed by atoms with Crippen molar-refractivity contribution in [3.63, 3.8) is 0 Å². The molecule has 18 heavy (non-hydrogen) atoms. The van der Waals surface area contributed by atoms with Gasteiger partial charge in [0.1, 0.15) is 0 Å². The molecule has 1 heterocycles. The molecule has 0 amide bonds. The topological polar surface area (TPSA) is 32.6 Å². The van der Waals surface area contributed by atoms with Crippen LogP contribution < -0.4 is 0 Å². The quantitative estimate of drug-likeness (QED) is 0.658. The van der Waals surface area contributed by atoms with E-state index in [1.807, 2.05) is 6.07 Å². The molecule has 0 radical (unpaired) electrons. The van der Waals surface area contributed by atoms with Gasteiger partial charge in [-0.1, -0.05) is 0 Å². The number of aliphatic hydroxyl groups is 1. The molecule has 2 nitrogen and oxygen atoms in total. The van der Waals surface area contributed by atoms with E-state index in [0.29, 0.717) is 19.8 Å². The van der Waals surface area contributed by atoms with Crippen LogP contribution in [0.15, 0.2) is 35.3 Å². The van der Waals surface area contributed by atoms with E-state index in [1.165, 1.54) is 29.4 Å². The van der Waals surface area contributed by atoms with Crippen molar-refractivity contribution < 1.29 is 5.11 Å². The molecule has 0 spiro atoms. The molecule has 0 saturated heterocycles. The van der Waals surface area contributed by atoms with Gasteiger partial charge < -0.3 is 0 Å². The molecule has 1 N–H and O–H groups in total. The first-order valence-electron chi connectivity index (χ1n) is 6.76. The van der Waals surface area contributed by atoms with Gasteiger partial charge in [-0.2, -0.15) is 0 Å². The van der Waals surface area contributed by atoms with Gasteiger partial charge in [0.15, 0.2) is 0 Å². The maximum atomic E-state index is 9.89. The van der Waals surface area contributed by atoms with Crippen molar-refractivity contribution in [1.29, 1.82) is 0 Å². The fourth-order valence-electron chi connectivity index (χ4n) is 2.17. The van der Waals surface area contributed by atoms with E-state index in [4.69, 9.17) is 0 Å². The van der Waals surface area contributed by atoms with Gasteiger partial charge in [-0.15, -0.1) is 0 Å². The van der Waals surface area contributed by atoms with Crippen molar-refractivity contribution in [2.75, 3.05) is 0 Å². The number of hydrogen-bond donors (Lipinski definition) is 1. The zero-order valence-electron chi connectivity index (χ0n) is 10.9. The van der Waals surface area contributed by atoms with Crippen molar-refractivity contribution >= 4 is 19.6 Å². The molecule has 1 aliphatic rings. The van der Waals surface area contributed by atoms with Crippen molar-refractivity contribution in [2.45, 2.75) is 50.1 Å². The number of hydrogen-bond acceptors (Lipinski definition) is 2. The Morgan fingerprint density at radius 2 is 2.06 bits per heavy atom. The van der Waals surface area contributed by atoms with Crippen LogP contribution in [0.2, 0.25) is 0 Å². The van der Waals surface area contributed by atoms with Crippen LogP contribution in [0.1, 0.15) is 49.4 Å². The molecule has 0 unspecified atom stereocenters. The molecule has 98 valence electrons. The Morgan fingerprint density at radius 1 is 1.28 bits per heavy atom. The molecule has 0 aromatic heterocycles.